The minimum absolute atomic E-state index is 0. The Balaban J connectivity index is 0.00000320. The average Bonchev–Trinajstić information content (AvgIpc) is 2.73. The maximum atomic E-state index is 11.0. The molecule has 0 aliphatic heterocycles. The molecule has 0 unspecified atom stereocenters. The van der Waals surface area contributed by atoms with Gasteiger partial charge in [-0.3, -0.25) is 0 Å². The van der Waals surface area contributed by atoms with Crippen LogP contribution in [0.2, 0.25) is 0 Å². The molecule has 0 fully saturated rings. The fourth-order valence-corrected chi connectivity index (χ4v) is 3.26. The second kappa shape index (κ2) is 10.8. The van der Waals surface area contributed by atoms with Crippen LogP contribution in [0.15, 0.2) is 72.8 Å². The van der Waals surface area contributed by atoms with Crippen LogP contribution in [0.4, 0.5) is 0 Å². The largest absolute Gasteiger partial charge is 0.507 e. The fraction of sp³-hybridized carbons (Fsp3) is 0.208. The summed E-state index contributed by atoms with van der Waals surface area (Å²) in [7, 11) is 0. The zero-order valence-electron chi connectivity index (χ0n) is 16.7. The van der Waals surface area contributed by atoms with Crippen molar-refractivity contribution >= 4 is 18.4 Å². The molecule has 0 aliphatic carbocycles. The minimum atomic E-state index is -1.15. The number of rotatable bonds is 8. The van der Waals surface area contributed by atoms with Gasteiger partial charge in [-0.05, 0) is 47.7 Å². The van der Waals surface area contributed by atoms with Crippen molar-refractivity contribution in [2.75, 3.05) is 6.54 Å². The van der Waals surface area contributed by atoms with E-state index in [1.54, 1.807) is 6.07 Å². The van der Waals surface area contributed by atoms with Crippen LogP contribution in [0.1, 0.15) is 34.5 Å². The number of hydrogen-bond donors (Lipinski definition) is 4. The predicted molar refractivity (Wildman–Crippen MR) is 120 cm³/mol. The van der Waals surface area contributed by atoms with Crippen molar-refractivity contribution in [2.45, 2.75) is 25.5 Å². The lowest BCUT2D eigenvalue weighted by Gasteiger charge is -2.18. The van der Waals surface area contributed by atoms with Crippen molar-refractivity contribution in [1.29, 1.82) is 0 Å². The van der Waals surface area contributed by atoms with Crippen LogP contribution >= 0.6 is 12.4 Å². The van der Waals surface area contributed by atoms with Crippen molar-refractivity contribution < 1.29 is 20.1 Å². The zero-order chi connectivity index (χ0) is 20.8. The molecule has 0 saturated heterocycles. The van der Waals surface area contributed by atoms with Crippen LogP contribution in [-0.4, -0.2) is 33.9 Å². The van der Waals surface area contributed by atoms with Crippen molar-refractivity contribution in [1.82, 2.24) is 5.32 Å². The highest BCUT2D eigenvalue weighted by Crippen LogP contribution is 2.27. The van der Waals surface area contributed by atoms with Gasteiger partial charge in [-0.15, -0.1) is 12.4 Å². The first kappa shape index (κ1) is 23.4. The number of phenols is 1. The quantitative estimate of drug-likeness (QED) is 0.427. The van der Waals surface area contributed by atoms with Crippen LogP contribution < -0.4 is 5.32 Å². The first-order valence-electron chi connectivity index (χ1n) is 9.56. The Kier molecular flexibility index (Phi) is 8.42. The van der Waals surface area contributed by atoms with Crippen LogP contribution in [0, 0.1) is 0 Å². The molecule has 0 saturated carbocycles. The Morgan fingerprint density at radius 3 is 2.20 bits per heavy atom. The van der Waals surface area contributed by atoms with Crippen molar-refractivity contribution in [2.24, 2.45) is 0 Å². The van der Waals surface area contributed by atoms with Crippen molar-refractivity contribution in [3.63, 3.8) is 0 Å². The normalized spacial score (nSPS) is 12.6. The topological polar surface area (TPSA) is 89.8 Å². The third-order valence-electron chi connectivity index (χ3n) is 4.90. The van der Waals surface area contributed by atoms with E-state index in [0.717, 1.165) is 28.7 Å². The first-order chi connectivity index (χ1) is 13.9. The average molecular weight is 428 g/mol. The number of halogens is 1. The smallest absolute Gasteiger partial charge is 0.339 e. The van der Waals surface area contributed by atoms with Gasteiger partial charge >= 0.3 is 5.97 Å². The Labute approximate surface area is 182 Å². The van der Waals surface area contributed by atoms with E-state index in [4.69, 9.17) is 5.11 Å². The molecule has 3 aromatic carbocycles. The van der Waals surface area contributed by atoms with E-state index in [-0.39, 0.29) is 29.8 Å². The molecular weight excluding hydrogens is 402 g/mol. The molecule has 0 aromatic heterocycles. The Hall–Kier alpha value is -2.86. The molecule has 30 heavy (non-hydrogen) atoms. The summed E-state index contributed by atoms with van der Waals surface area (Å²) >= 11 is 0. The van der Waals surface area contributed by atoms with Crippen LogP contribution in [0.25, 0.3) is 11.1 Å². The van der Waals surface area contributed by atoms with E-state index in [9.17, 15) is 15.0 Å². The second-order valence-corrected chi connectivity index (χ2v) is 7.17. The highest BCUT2D eigenvalue weighted by molar-refractivity contribution is 5.91. The molecule has 2 atom stereocenters. The number of aromatic hydroxyl groups is 1. The molecule has 0 heterocycles. The SMILES string of the molecule is C[C@H](Cc1ccc(-c2ccc(C(=O)O)c(O)c2)cc1)NC[C@H](O)c1ccccc1.Cl. The maximum Gasteiger partial charge on any atom is 0.339 e. The van der Waals surface area contributed by atoms with E-state index in [1.165, 1.54) is 12.1 Å². The van der Waals surface area contributed by atoms with Crippen LogP contribution in [0.5, 0.6) is 5.75 Å². The number of hydrogen-bond acceptors (Lipinski definition) is 4. The summed E-state index contributed by atoms with van der Waals surface area (Å²) in [4.78, 5) is 11.0. The van der Waals surface area contributed by atoms with Crippen LogP contribution in [-0.2, 0) is 6.42 Å². The predicted octanol–water partition coefficient (Wildman–Crippen LogP) is 4.43. The van der Waals surface area contributed by atoms with Gasteiger partial charge in [-0.2, -0.15) is 0 Å². The monoisotopic (exact) mass is 427 g/mol. The lowest BCUT2D eigenvalue weighted by molar-refractivity contribution is 0.0693. The fourth-order valence-electron chi connectivity index (χ4n) is 3.26. The summed E-state index contributed by atoms with van der Waals surface area (Å²) < 4.78 is 0. The van der Waals surface area contributed by atoms with Gasteiger partial charge in [0.05, 0.1) is 6.10 Å². The molecule has 0 amide bonds. The van der Waals surface area contributed by atoms with Gasteiger partial charge in [0.2, 0.25) is 0 Å². The lowest BCUT2D eigenvalue weighted by atomic mass is 9.99. The molecule has 3 aromatic rings. The molecule has 0 bridgehead atoms. The molecule has 6 heteroatoms. The van der Waals surface area contributed by atoms with Gasteiger partial charge in [-0.1, -0.05) is 60.7 Å². The van der Waals surface area contributed by atoms with E-state index in [1.807, 2.05) is 54.6 Å². The number of benzene rings is 3. The Bertz CT molecular complexity index is 961. The van der Waals surface area contributed by atoms with Gasteiger partial charge in [0.15, 0.2) is 0 Å². The number of carbonyl (C=O) groups is 1. The van der Waals surface area contributed by atoms with E-state index in [0.29, 0.717) is 6.54 Å². The number of carboxylic acid groups (broad SMARTS) is 1. The number of carboxylic acids is 1. The van der Waals surface area contributed by atoms with Gasteiger partial charge in [0.25, 0.3) is 0 Å². The number of aliphatic hydroxyl groups is 1. The lowest BCUT2D eigenvalue weighted by Crippen LogP contribution is -2.32. The van der Waals surface area contributed by atoms with Crippen molar-refractivity contribution in [3.8, 4) is 16.9 Å². The molecular formula is C24H26ClNO4. The molecule has 0 spiro atoms. The summed E-state index contributed by atoms with van der Waals surface area (Å²) in [5, 5.41) is 32.5. The highest BCUT2D eigenvalue weighted by atomic mass is 35.5. The van der Waals surface area contributed by atoms with Gasteiger partial charge in [0.1, 0.15) is 11.3 Å². The highest BCUT2D eigenvalue weighted by Gasteiger charge is 2.12. The zero-order valence-corrected chi connectivity index (χ0v) is 17.5. The summed E-state index contributed by atoms with van der Waals surface area (Å²) in [5.74, 6) is -1.39. The second-order valence-electron chi connectivity index (χ2n) is 7.17. The first-order valence-corrected chi connectivity index (χ1v) is 9.56. The van der Waals surface area contributed by atoms with E-state index < -0.39 is 12.1 Å². The Morgan fingerprint density at radius 1 is 0.967 bits per heavy atom. The molecule has 5 nitrogen and oxygen atoms in total. The molecule has 4 N–H and O–H groups in total. The number of nitrogens with one attached hydrogen (secondary N) is 1. The van der Waals surface area contributed by atoms with Gasteiger partial charge < -0.3 is 20.6 Å². The van der Waals surface area contributed by atoms with E-state index >= 15 is 0 Å². The van der Waals surface area contributed by atoms with Gasteiger partial charge in [-0.25, -0.2) is 4.79 Å². The Morgan fingerprint density at radius 2 is 1.60 bits per heavy atom. The third-order valence-corrected chi connectivity index (χ3v) is 4.90. The third kappa shape index (κ3) is 6.07. The molecule has 0 aliphatic rings. The molecule has 0 radical (unpaired) electrons. The maximum absolute atomic E-state index is 11.0. The van der Waals surface area contributed by atoms with E-state index in [2.05, 4.69) is 12.2 Å². The summed E-state index contributed by atoms with van der Waals surface area (Å²) in [6, 6.07) is 22.3. The van der Waals surface area contributed by atoms with Crippen molar-refractivity contribution in [3.05, 3.63) is 89.5 Å². The number of aliphatic hydroxyl groups excluding tert-OH is 1. The standard InChI is InChI=1S/C24H25NO4.ClH/c1-16(25-15-23(27)19-5-3-2-4-6-19)13-17-7-9-18(10-8-17)20-11-12-21(24(28)29)22(26)14-20;/h2-12,14,16,23,25-27H,13,15H2,1H3,(H,28,29);1H/t16-,23+;/m1./s1. The molecule has 3 rings (SSSR count). The minimum Gasteiger partial charge on any atom is -0.507 e. The summed E-state index contributed by atoms with van der Waals surface area (Å²) in [5.41, 5.74) is 3.60. The van der Waals surface area contributed by atoms with Crippen LogP contribution in [0.3, 0.4) is 0 Å². The summed E-state index contributed by atoms with van der Waals surface area (Å²) in [6.07, 6.45) is 0.271. The summed E-state index contributed by atoms with van der Waals surface area (Å²) in [6.45, 7) is 2.56. The number of aromatic carboxylic acids is 1. The molecule has 158 valence electrons. The van der Waals surface area contributed by atoms with Gasteiger partial charge in [0, 0.05) is 12.6 Å².